The molecule has 0 amide bonds. The number of aliphatic hydroxyl groups excluding tert-OH is 1. The number of rotatable bonds is 4. The fourth-order valence-corrected chi connectivity index (χ4v) is 2.47. The molecule has 13 heavy (non-hydrogen) atoms. The van der Waals surface area contributed by atoms with E-state index in [1.165, 1.54) is 12.0 Å². The standard InChI is InChI=1S/C11H14OS/c12-8-11-10(13-11)7-6-9-4-2-1-3-5-9/h1-5,10-12H,6-8H2/t10-,11-/m1/s1. The summed E-state index contributed by atoms with van der Waals surface area (Å²) in [5, 5.41) is 10.1. The topological polar surface area (TPSA) is 20.2 Å². The summed E-state index contributed by atoms with van der Waals surface area (Å²) < 4.78 is 0. The molecular formula is C11H14OS. The van der Waals surface area contributed by atoms with Crippen LogP contribution in [0.15, 0.2) is 30.3 Å². The van der Waals surface area contributed by atoms with Crippen LogP contribution in [0.5, 0.6) is 0 Å². The molecule has 1 heterocycles. The van der Waals surface area contributed by atoms with E-state index in [0.29, 0.717) is 17.1 Å². The van der Waals surface area contributed by atoms with Crippen molar-refractivity contribution in [3.05, 3.63) is 35.9 Å². The second-order valence-electron chi connectivity index (χ2n) is 3.42. The smallest absolute Gasteiger partial charge is 0.0560 e. The molecule has 0 spiro atoms. The maximum Gasteiger partial charge on any atom is 0.0560 e. The van der Waals surface area contributed by atoms with Gasteiger partial charge in [0.15, 0.2) is 0 Å². The van der Waals surface area contributed by atoms with Gasteiger partial charge in [-0.3, -0.25) is 0 Å². The molecular weight excluding hydrogens is 180 g/mol. The monoisotopic (exact) mass is 194 g/mol. The quantitative estimate of drug-likeness (QED) is 0.741. The van der Waals surface area contributed by atoms with E-state index in [1.54, 1.807) is 0 Å². The van der Waals surface area contributed by atoms with Crippen molar-refractivity contribution < 1.29 is 5.11 Å². The lowest BCUT2D eigenvalue weighted by Gasteiger charge is -1.98. The van der Waals surface area contributed by atoms with Crippen molar-refractivity contribution >= 4 is 11.8 Å². The van der Waals surface area contributed by atoms with Gasteiger partial charge in [-0.05, 0) is 18.4 Å². The molecule has 1 aromatic carbocycles. The Morgan fingerprint density at radius 3 is 2.54 bits per heavy atom. The van der Waals surface area contributed by atoms with Gasteiger partial charge in [0.25, 0.3) is 0 Å². The molecule has 1 nitrogen and oxygen atoms in total. The molecule has 0 radical (unpaired) electrons. The highest BCUT2D eigenvalue weighted by molar-refractivity contribution is 8.07. The van der Waals surface area contributed by atoms with Crippen molar-refractivity contribution in [1.29, 1.82) is 0 Å². The van der Waals surface area contributed by atoms with Crippen molar-refractivity contribution in [3.8, 4) is 0 Å². The number of hydrogen-bond acceptors (Lipinski definition) is 2. The first-order valence-electron chi connectivity index (χ1n) is 4.70. The Morgan fingerprint density at radius 1 is 1.15 bits per heavy atom. The van der Waals surface area contributed by atoms with Crippen LogP contribution in [-0.2, 0) is 6.42 Å². The zero-order valence-electron chi connectivity index (χ0n) is 7.52. The number of aryl methyl sites for hydroxylation is 1. The van der Waals surface area contributed by atoms with E-state index >= 15 is 0 Å². The lowest BCUT2D eigenvalue weighted by Crippen LogP contribution is -2.00. The number of thioether (sulfide) groups is 1. The third kappa shape index (κ3) is 2.48. The first kappa shape index (κ1) is 9.10. The summed E-state index contributed by atoms with van der Waals surface area (Å²) in [5.74, 6) is 0. The summed E-state index contributed by atoms with van der Waals surface area (Å²) in [7, 11) is 0. The average Bonchev–Trinajstić information content (AvgIpc) is 2.95. The molecule has 70 valence electrons. The minimum Gasteiger partial charge on any atom is -0.395 e. The van der Waals surface area contributed by atoms with Gasteiger partial charge in [0, 0.05) is 10.5 Å². The van der Waals surface area contributed by atoms with Gasteiger partial charge in [-0.15, -0.1) is 0 Å². The zero-order valence-corrected chi connectivity index (χ0v) is 8.33. The molecule has 0 saturated carbocycles. The number of aliphatic hydroxyl groups is 1. The predicted octanol–water partition coefficient (Wildman–Crippen LogP) is 2.10. The molecule has 1 fully saturated rings. The van der Waals surface area contributed by atoms with Crippen LogP contribution in [0.4, 0.5) is 0 Å². The Morgan fingerprint density at radius 2 is 1.92 bits per heavy atom. The van der Waals surface area contributed by atoms with Crippen molar-refractivity contribution in [2.75, 3.05) is 6.61 Å². The highest BCUT2D eigenvalue weighted by atomic mass is 32.2. The molecule has 1 aliphatic heterocycles. The Labute approximate surface area is 83.2 Å². The number of hydrogen-bond donors (Lipinski definition) is 1. The van der Waals surface area contributed by atoms with Crippen LogP contribution < -0.4 is 0 Å². The van der Waals surface area contributed by atoms with Crippen LogP contribution in [0.25, 0.3) is 0 Å². The van der Waals surface area contributed by atoms with E-state index in [4.69, 9.17) is 5.11 Å². The van der Waals surface area contributed by atoms with Crippen LogP contribution >= 0.6 is 11.8 Å². The molecule has 1 N–H and O–H groups in total. The largest absolute Gasteiger partial charge is 0.395 e. The maximum atomic E-state index is 8.85. The molecule has 0 bridgehead atoms. The van der Waals surface area contributed by atoms with Crippen LogP contribution in [0.2, 0.25) is 0 Å². The van der Waals surface area contributed by atoms with E-state index < -0.39 is 0 Å². The van der Waals surface area contributed by atoms with Gasteiger partial charge in [-0.1, -0.05) is 30.3 Å². The van der Waals surface area contributed by atoms with Crippen LogP contribution in [0.1, 0.15) is 12.0 Å². The van der Waals surface area contributed by atoms with Gasteiger partial charge in [-0.2, -0.15) is 11.8 Å². The Bertz CT molecular complexity index is 260. The van der Waals surface area contributed by atoms with E-state index in [-0.39, 0.29) is 0 Å². The Kier molecular flexibility index (Phi) is 2.91. The van der Waals surface area contributed by atoms with Crippen LogP contribution in [-0.4, -0.2) is 22.2 Å². The third-order valence-electron chi connectivity index (χ3n) is 2.43. The van der Waals surface area contributed by atoms with Crippen molar-refractivity contribution in [2.24, 2.45) is 0 Å². The lowest BCUT2D eigenvalue weighted by molar-refractivity contribution is 0.301. The molecule has 2 rings (SSSR count). The fraction of sp³-hybridized carbons (Fsp3) is 0.455. The van der Waals surface area contributed by atoms with Gasteiger partial charge in [0.2, 0.25) is 0 Å². The maximum absolute atomic E-state index is 8.85. The first-order valence-corrected chi connectivity index (χ1v) is 5.64. The van der Waals surface area contributed by atoms with E-state index in [1.807, 2.05) is 17.8 Å². The second-order valence-corrected chi connectivity index (χ2v) is 4.90. The summed E-state index contributed by atoms with van der Waals surface area (Å²) in [6.07, 6.45) is 2.36. The summed E-state index contributed by atoms with van der Waals surface area (Å²) in [6, 6.07) is 10.5. The summed E-state index contributed by atoms with van der Waals surface area (Å²) >= 11 is 1.91. The molecule has 0 unspecified atom stereocenters. The Hall–Kier alpha value is -0.470. The normalized spacial score (nSPS) is 25.9. The van der Waals surface area contributed by atoms with Gasteiger partial charge < -0.3 is 5.11 Å². The summed E-state index contributed by atoms with van der Waals surface area (Å²) in [6.45, 7) is 0.351. The van der Waals surface area contributed by atoms with Gasteiger partial charge in [0.1, 0.15) is 0 Å². The highest BCUT2D eigenvalue weighted by Crippen LogP contribution is 2.43. The molecule has 2 heteroatoms. The molecule has 1 saturated heterocycles. The highest BCUT2D eigenvalue weighted by Gasteiger charge is 2.36. The van der Waals surface area contributed by atoms with Gasteiger partial charge in [0.05, 0.1) is 6.61 Å². The molecule has 0 aromatic heterocycles. The van der Waals surface area contributed by atoms with Crippen molar-refractivity contribution in [2.45, 2.75) is 23.3 Å². The Balaban J connectivity index is 1.75. The molecule has 1 aromatic rings. The molecule has 0 aliphatic carbocycles. The minimum atomic E-state index is 0.351. The predicted molar refractivity (Wildman–Crippen MR) is 57.0 cm³/mol. The van der Waals surface area contributed by atoms with Crippen LogP contribution in [0.3, 0.4) is 0 Å². The van der Waals surface area contributed by atoms with Crippen molar-refractivity contribution in [3.63, 3.8) is 0 Å². The summed E-state index contributed by atoms with van der Waals surface area (Å²) in [4.78, 5) is 0. The lowest BCUT2D eigenvalue weighted by atomic mass is 10.1. The third-order valence-corrected chi connectivity index (χ3v) is 3.85. The zero-order chi connectivity index (χ0) is 9.10. The number of benzene rings is 1. The minimum absolute atomic E-state index is 0.351. The fourth-order valence-electron chi connectivity index (χ4n) is 1.55. The van der Waals surface area contributed by atoms with E-state index in [0.717, 1.165) is 6.42 Å². The molecule has 2 atom stereocenters. The van der Waals surface area contributed by atoms with E-state index in [9.17, 15) is 0 Å². The molecule has 1 aliphatic rings. The summed E-state index contributed by atoms with van der Waals surface area (Å²) in [5.41, 5.74) is 1.41. The van der Waals surface area contributed by atoms with Crippen LogP contribution in [0, 0.1) is 0 Å². The first-order chi connectivity index (χ1) is 6.40. The van der Waals surface area contributed by atoms with Gasteiger partial charge >= 0.3 is 0 Å². The van der Waals surface area contributed by atoms with E-state index in [2.05, 4.69) is 24.3 Å². The SMILES string of the molecule is OC[C@H]1S[C@@H]1CCc1ccccc1. The second kappa shape index (κ2) is 4.16. The van der Waals surface area contributed by atoms with Gasteiger partial charge in [-0.25, -0.2) is 0 Å². The van der Waals surface area contributed by atoms with Crippen molar-refractivity contribution in [1.82, 2.24) is 0 Å². The average molecular weight is 194 g/mol.